The minimum absolute atomic E-state index is 0.148. The van der Waals surface area contributed by atoms with E-state index in [9.17, 15) is 0 Å². The van der Waals surface area contributed by atoms with Crippen LogP contribution in [-0.2, 0) is 10.8 Å². The summed E-state index contributed by atoms with van der Waals surface area (Å²) in [6, 6.07) is 27.3. The van der Waals surface area contributed by atoms with Gasteiger partial charge in [0.25, 0.3) is 0 Å². The molecule has 1 unspecified atom stereocenters. The molecule has 170 valence electrons. The van der Waals surface area contributed by atoms with Crippen molar-refractivity contribution in [3.63, 3.8) is 0 Å². The fourth-order valence-corrected chi connectivity index (χ4v) is 4.01. The molecule has 0 spiro atoms. The first-order valence-electron chi connectivity index (χ1n) is 12.2. The largest absolute Gasteiger partial charge is 0.311 e. The van der Waals surface area contributed by atoms with Gasteiger partial charge in [0, 0.05) is 17.1 Å². The molecule has 0 saturated heterocycles. The first kappa shape index (κ1) is 24.1. The first-order valence-corrected chi connectivity index (χ1v) is 12.2. The van der Waals surface area contributed by atoms with Crippen LogP contribution in [0.2, 0.25) is 0 Å². The maximum Gasteiger partial charge on any atom is 0.0461 e. The van der Waals surface area contributed by atoms with E-state index in [1.54, 1.807) is 0 Å². The van der Waals surface area contributed by atoms with Crippen LogP contribution in [0.1, 0.15) is 90.8 Å². The van der Waals surface area contributed by atoms with Gasteiger partial charge >= 0.3 is 0 Å². The number of benzene rings is 3. The normalized spacial score (nSPS) is 13.1. The third kappa shape index (κ3) is 5.26. The van der Waals surface area contributed by atoms with Crippen molar-refractivity contribution in [2.75, 3.05) is 4.90 Å². The lowest BCUT2D eigenvalue weighted by atomic mass is 9.82. The minimum atomic E-state index is 0.148. The molecule has 0 saturated carbocycles. The van der Waals surface area contributed by atoms with Crippen LogP contribution in [0.25, 0.3) is 0 Å². The zero-order chi connectivity index (χ0) is 23.5. The molecular formula is C31H41N. The van der Waals surface area contributed by atoms with Gasteiger partial charge in [-0.15, -0.1) is 0 Å². The third-order valence-corrected chi connectivity index (χ3v) is 7.12. The Kier molecular flexibility index (Phi) is 7.18. The van der Waals surface area contributed by atoms with Crippen molar-refractivity contribution in [3.8, 4) is 0 Å². The van der Waals surface area contributed by atoms with Crippen molar-refractivity contribution in [1.82, 2.24) is 0 Å². The van der Waals surface area contributed by atoms with Crippen molar-refractivity contribution in [1.29, 1.82) is 0 Å². The topological polar surface area (TPSA) is 3.24 Å². The second-order valence-corrected chi connectivity index (χ2v) is 10.8. The molecule has 32 heavy (non-hydrogen) atoms. The second-order valence-electron chi connectivity index (χ2n) is 10.8. The fraction of sp³-hybridized carbons (Fsp3) is 0.419. The Bertz CT molecular complexity index is 986. The van der Waals surface area contributed by atoms with Crippen LogP contribution in [-0.4, -0.2) is 0 Å². The number of hydrogen-bond donors (Lipinski definition) is 0. The molecule has 0 aliphatic rings. The van der Waals surface area contributed by atoms with Crippen molar-refractivity contribution < 1.29 is 0 Å². The second kappa shape index (κ2) is 9.53. The van der Waals surface area contributed by atoms with Crippen molar-refractivity contribution in [3.05, 3.63) is 89.5 Å². The molecule has 0 heterocycles. The van der Waals surface area contributed by atoms with Gasteiger partial charge in [-0.25, -0.2) is 0 Å². The van der Waals surface area contributed by atoms with E-state index in [0.717, 1.165) is 12.8 Å². The Morgan fingerprint density at radius 2 is 1.03 bits per heavy atom. The summed E-state index contributed by atoms with van der Waals surface area (Å²) < 4.78 is 0. The van der Waals surface area contributed by atoms with Crippen LogP contribution < -0.4 is 4.90 Å². The van der Waals surface area contributed by atoms with Gasteiger partial charge in [-0.3, -0.25) is 0 Å². The van der Waals surface area contributed by atoms with E-state index in [-0.39, 0.29) is 10.8 Å². The smallest absolute Gasteiger partial charge is 0.0461 e. The molecule has 0 radical (unpaired) electrons. The van der Waals surface area contributed by atoms with Crippen molar-refractivity contribution >= 4 is 17.1 Å². The molecule has 3 rings (SSSR count). The van der Waals surface area contributed by atoms with E-state index in [0.29, 0.717) is 5.92 Å². The van der Waals surface area contributed by atoms with Crippen molar-refractivity contribution in [2.45, 2.75) is 85.0 Å². The summed E-state index contributed by atoms with van der Waals surface area (Å²) in [6.07, 6.45) is 2.29. The molecule has 0 aromatic heterocycles. The highest BCUT2D eigenvalue weighted by atomic mass is 15.1. The average Bonchev–Trinajstić information content (AvgIpc) is 2.79. The van der Waals surface area contributed by atoms with E-state index in [1.165, 1.54) is 33.8 Å². The molecule has 0 N–H and O–H groups in total. The Morgan fingerprint density at radius 3 is 1.41 bits per heavy atom. The van der Waals surface area contributed by atoms with Gasteiger partial charge in [-0.2, -0.15) is 0 Å². The molecule has 0 amide bonds. The van der Waals surface area contributed by atoms with Crippen LogP contribution in [0.15, 0.2) is 72.8 Å². The fourth-order valence-electron chi connectivity index (χ4n) is 4.01. The third-order valence-electron chi connectivity index (χ3n) is 7.12. The zero-order valence-corrected chi connectivity index (χ0v) is 21.4. The molecule has 0 bridgehead atoms. The van der Waals surface area contributed by atoms with Gasteiger partial charge in [0.05, 0.1) is 0 Å². The Balaban J connectivity index is 2.05. The number of anilines is 3. The standard InChI is InChI=1S/C31H41N/c1-9-23(3)24-11-17-27(18-12-24)32(28-19-13-25(14-20-28)30(4,5)6)29-21-15-26(16-22-29)31(7,8)10-2/h11-23H,9-10H2,1-8H3. The van der Waals surface area contributed by atoms with Gasteiger partial charge in [0.2, 0.25) is 0 Å². The van der Waals surface area contributed by atoms with E-state index in [1.807, 2.05) is 0 Å². The van der Waals surface area contributed by atoms with Gasteiger partial charge in [0.1, 0.15) is 0 Å². The van der Waals surface area contributed by atoms with Crippen LogP contribution in [0.5, 0.6) is 0 Å². The van der Waals surface area contributed by atoms with Gasteiger partial charge in [-0.1, -0.05) is 91.8 Å². The van der Waals surface area contributed by atoms with E-state index in [2.05, 4.69) is 133 Å². The number of rotatable bonds is 7. The lowest BCUT2D eigenvalue weighted by Gasteiger charge is -2.29. The first-order chi connectivity index (χ1) is 15.1. The molecular weight excluding hydrogens is 386 g/mol. The predicted octanol–water partition coefficient (Wildman–Crippen LogP) is 9.65. The Morgan fingerprint density at radius 1 is 0.625 bits per heavy atom. The summed E-state index contributed by atoms with van der Waals surface area (Å²) >= 11 is 0. The van der Waals surface area contributed by atoms with Gasteiger partial charge in [-0.05, 0) is 82.7 Å². The molecule has 3 aromatic carbocycles. The van der Waals surface area contributed by atoms with Gasteiger partial charge < -0.3 is 4.90 Å². The van der Waals surface area contributed by atoms with E-state index >= 15 is 0 Å². The molecule has 1 heteroatoms. The summed E-state index contributed by atoms with van der Waals surface area (Å²) in [5.74, 6) is 0.583. The molecule has 0 aliphatic carbocycles. The van der Waals surface area contributed by atoms with Crippen molar-refractivity contribution in [2.24, 2.45) is 0 Å². The quantitative estimate of drug-likeness (QED) is 0.363. The summed E-state index contributed by atoms with van der Waals surface area (Å²) in [6.45, 7) is 18.2. The Labute approximate surface area is 196 Å². The molecule has 0 fully saturated rings. The monoisotopic (exact) mass is 427 g/mol. The lowest BCUT2D eigenvalue weighted by Crippen LogP contribution is -2.16. The lowest BCUT2D eigenvalue weighted by molar-refractivity contribution is 0.506. The SMILES string of the molecule is CCC(C)c1ccc(N(c2ccc(C(C)(C)C)cc2)c2ccc(C(C)(C)CC)cc2)cc1. The van der Waals surface area contributed by atoms with Gasteiger partial charge in [0.15, 0.2) is 0 Å². The summed E-state index contributed by atoms with van der Waals surface area (Å²) in [7, 11) is 0. The maximum atomic E-state index is 2.37. The minimum Gasteiger partial charge on any atom is -0.311 e. The Hall–Kier alpha value is -2.54. The molecule has 1 atom stereocenters. The summed E-state index contributed by atoms with van der Waals surface area (Å²) in [5.41, 5.74) is 8.07. The average molecular weight is 428 g/mol. The summed E-state index contributed by atoms with van der Waals surface area (Å²) in [4.78, 5) is 2.37. The maximum absolute atomic E-state index is 2.37. The van der Waals surface area contributed by atoms with Crippen LogP contribution >= 0.6 is 0 Å². The number of nitrogens with zero attached hydrogens (tertiary/aromatic N) is 1. The summed E-state index contributed by atoms with van der Waals surface area (Å²) in [5, 5.41) is 0. The molecule has 1 nitrogen and oxygen atoms in total. The van der Waals surface area contributed by atoms with Crippen LogP contribution in [0.3, 0.4) is 0 Å². The molecule has 0 aliphatic heterocycles. The van der Waals surface area contributed by atoms with E-state index in [4.69, 9.17) is 0 Å². The van der Waals surface area contributed by atoms with Crippen LogP contribution in [0.4, 0.5) is 17.1 Å². The highest BCUT2D eigenvalue weighted by Gasteiger charge is 2.20. The number of hydrogen-bond acceptors (Lipinski definition) is 1. The highest BCUT2D eigenvalue weighted by molar-refractivity contribution is 5.76. The highest BCUT2D eigenvalue weighted by Crippen LogP contribution is 2.38. The molecule has 3 aromatic rings. The van der Waals surface area contributed by atoms with Crippen LogP contribution in [0, 0.1) is 0 Å². The zero-order valence-electron chi connectivity index (χ0n) is 21.4. The predicted molar refractivity (Wildman–Crippen MR) is 142 cm³/mol. The van der Waals surface area contributed by atoms with E-state index < -0.39 is 0 Å².